The fraction of sp³-hybridized carbons (Fsp3) is 0.312. The van der Waals surface area contributed by atoms with Gasteiger partial charge >= 0.3 is 0 Å². The molecule has 0 aliphatic heterocycles. The minimum absolute atomic E-state index is 0.151. The van der Waals surface area contributed by atoms with Gasteiger partial charge in [-0.1, -0.05) is 30.3 Å². The summed E-state index contributed by atoms with van der Waals surface area (Å²) < 4.78 is 1.33. The first-order valence-electron chi connectivity index (χ1n) is 7.07. The summed E-state index contributed by atoms with van der Waals surface area (Å²) in [4.78, 5) is 25.8. The van der Waals surface area contributed by atoms with E-state index in [2.05, 4.69) is 5.10 Å². The molecule has 2 aromatic rings. The first-order chi connectivity index (χ1) is 10.2. The lowest BCUT2D eigenvalue weighted by Crippen LogP contribution is -2.33. The highest BCUT2D eigenvalue weighted by Gasteiger charge is 2.15. The van der Waals surface area contributed by atoms with Crippen molar-refractivity contribution in [1.29, 1.82) is 0 Å². The number of carbonyl (C=O) groups excluding carboxylic acids is 1. The van der Waals surface area contributed by atoms with E-state index < -0.39 is 0 Å². The smallest absolute Gasteiger partial charge is 0.274 e. The molecule has 1 heterocycles. The maximum Gasteiger partial charge on any atom is 0.274 e. The monoisotopic (exact) mass is 285 g/mol. The van der Waals surface area contributed by atoms with E-state index in [0.29, 0.717) is 25.3 Å². The Labute approximate surface area is 123 Å². The Morgan fingerprint density at radius 2 is 1.76 bits per heavy atom. The molecular formula is C16H19N3O2. The van der Waals surface area contributed by atoms with Crippen molar-refractivity contribution in [3.63, 3.8) is 0 Å². The zero-order chi connectivity index (χ0) is 15.2. The average Bonchev–Trinajstić information content (AvgIpc) is 2.51. The number of hydrogen-bond donors (Lipinski definition) is 0. The van der Waals surface area contributed by atoms with Gasteiger partial charge in [0, 0.05) is 19.2 Å². The molecule has 21 heavy (non-hydrogen) atoms. The summed E-state index contributed by atoms with van der Waals surface area (Å²) in [5, 5.41) is 4.20. The van der Waals surface area contributed by atoms with Gasteiger partial charge in [-0.25, -0.2) is 4.68 Å². The van der Waals surface area contributed by atoms with Gasteiger partial charge in [-0.15, -0.1) is 0 Å². The van der Waals surface area contributed by atoms with Crippen LogP contribution < -0.4 is 5.56 Å². The van der Waals surface area contributed by atoms with E-state index in [-0.39, 0.29) is 11.5 Å². The van der Waals surface area contributed by atoms with Gasteiger partial charge in [0.1, 0.15) is 5.69 Å². The van der Waals surface area contributed by atoms with Crippen molar-refractivity contribution in [2.45, 2.75) is 20.4 Å². The molecule has 0 unspecified atom stereocenters. The number of amides is 1. The molecular weight excluding hydrogens is 266 g/mol. The zero-order valence-corrected chi connectivity index (χ0v) is 12.3. The number of rotatable bonds is 5. The van der Waals surface area contributed by atoms with Crippen molar-refractivity contribution in [1.82, 2.24) is 14.7 Å². The van der Waals surface area contributed by atoms with Crippen molar-refractivity contribution in [2.75, 3.05) is 13.1 Å². The molecule has 0 aliphatic rings. The van der Waals surface area contributed by atoms with E-state index in [1.165, 1.54) is 16.8 Å². The highest BCUT2D eigenvalue weighted by molar-refractivity contribution is 5.92. The van der Waals surface area contributed by atoms with E-state index in [1.807, 2.05) is 44.2 Å². The normalized spacial score (nSPS) is 10.4. The second kappa shape index (κ2) is 6.83. The standard InChI is InChI=1S/C16H19N3O2/c1-3-18(4-2)16(21)14-10-11-15(20)19(17-14)12-13-8-6-5-7-9-13/h5-11H,3-4,12H2,1-2H3. The summed E-state index contributed by atoms with van der Waals surface area (Å²) in [6.45, 7) is 5.44. The van der Waals surface area contributed by atoms with Gasteiger partial charge in [0.15, 0.2) is 0 Å². The average molecular weight is 285 g/mol. The predicted octanol–water partition coefficient (Wildman–Crippen LogP) is 1.77. The van der Waals surface area contributed by atoms with Crippen molar-refractivity contribution in [3.05, 3.63) is 64.1 Å². The summed E-state index contributed by atoms with van der Waals surface area (Å²) in [6, 6.07) is 12.5. The number of carbonyl (C=O) groups is 1. The Morgan fingerprint density at radius 1 is 1.10 bits per heavy atom. The van der Waals surface area contributed by atoms with E-state index in [4.69, 9.17) is 0 Å². The minimum atomic E-state index is -0.213. The third-order valence-electron chi connectivity index (χ3n) is 3.31. The highest BCUT2D eigenvalue weighted by Crippen LogP contribution is 2.02. The predicted molar refractivity (Wildman–Crippen MR) is 81.3 cm³/mol. The van der Waals surface area contributed by atoms with Crippen molar-refractivity contribution >= 4 is 5.91 Å². The van der Waals surface area contributed by atoms with Crippen molar-refractivity contribution in [3.8, 4) is 0 Å². The third-order valence-corrected chi connectivity index (χ3v) is 3.31. The van der Waals surface area contributed by atoms with E-state index in [0.717, 1.165) is 5.56 Å². The van der Waals surface area contributed by atoms with Crippen LogP contribution in [0.1, 0.15) is 29.9 Å². The highest BCUT2D eigenvalue weighted by atomic mass is 16.2. The lowest BCUT2D eigenvalue weighted by molar-refractivity contribution is 0.0764. The van der Waals surface area contributed by atoms with E-state index in [1.54, 1.807) is 4.90 Å². The molecule has 5 heteroatoms. The van der Waals surface area contributed by atoms with Gasteiger partial charge in [-0.3, -0.25) is 9.59 Å². The molecule has 1 amide bonds. The summed E-state index contributed by atoms with van der Waals surface area (Å²) in [5.74, 6) is -0.151. The van der Waals surface area contributed by atoms with Crippen molar-refractivity contribution in [2.24, 2.45) is 0 Å². The van der Waals surface area contributed by atoms with Gasteiger partial charge in [0.25, 0.3) is 11.5 Å². The molecule has 0 aliphatic carbocycles. The quantitative estimate of drug-likeness (QED) is 0.841. The summed E-state index contributed by atoms with van der Waals surface area (Å²) in [5.41, 5.74) is 1.06. The van der Waals surface area contributed by atoms with Crippen molar-refractivity contribution < 1.29 is 4.79 Å². The fourth-order valence-electron chi connectivity index (χ4n) is 2.11. The van der Waals surface area contributed by atoms with Crippen LogP contribution in [-0.2, 0) is 6.54 Å². The van der Waals surface area contributed by atoms with Crippen LogP contribution in [0.3, 0.4) is 0 Å². The maximum atomic E-state index is 12.3. The van der Waals surface area contributed by atoms with Gasteiger partial charge in [0.05, 0.1) is 6.54 Å². The molecule has 0 saturated heterocycles. The number of nitrogens with zero attached hydrogens (tertiary/aromatic N) is 3. The largest absolute Gasteiger partial charge is 0.338 e. The topological polar surface area (TPSA) is 55.2 Å². The Bertz CT molecular complexity index is 661. The van der Waals surface area contributed by atoms with Crippen LogP contribution in [0.5, 0.6) is 0 Å². The molecule has 0 atom stereocenters. The van der Waals surface area contributed by atoms with Gasteiger partial charge in [-0.2, -0.15) is 5.10 Å². The lowest BCUT2D eigenvalue weighted by Gasteiger charge is -2.18. The van der Waals surface area contributed by atoms with Crippen LogP contribution in [0, 0.1) is 0 Å². The second-order valence-electron chi connectivity index (χ2n) is 4.68. The Kier molecular flexibility index (Phi) is 4.87. The molecule has 0 fully saturated rings. The van der Waals surface area contributed by atoms with E-state index >= 15 is 0 Å². The minimum Gasteiger partial charge on any atom is -0.338 e. The Morgan fingerprint density at radius 3 is 2.38 bits per heavy atom. The van der Waals surface area contributed by atoms with Crippen LogP contribution in [-0.4, -0.2) is 33.7 Å². The maximum absolute atomic E-state index is 12.3. The van der Waals surface area contributed by atoms with E-state index in [9.17, 15) is 9.59 Å². The van der Waals surface area contributed by atoms with Gasteiger partial charge in [0.2, 0.25) is 0 Å². The zero-order valence-electron chi connectivity index (χ0n) is 12.3. The molecule has 2 rings (SSSR count). The molecule has 110 valence electrons. The molecule has 0 spiro atoms. The molecule has 1 aromatic carbocycles. The molecule has 1 aromatic heterocycles. The fourth-order valence-corrected chi connectivity index (χ4v) is 2.11. The van der Waals surface area contributed by atoms with Gasteiger partial charge < -0.3 is 4.90 Å². The van der Waals surface area contributed by atoms with Crippen LogP contribution in [0.25, 0.3) is 0 Å². The molecule has 5 nitrogen and oxygen atoms in total. The third kappa shape index (κ3) is 3.56. The van der Waals surface area contributed by atoms with Crippen LogP contribution in [0.2, 0.25) is 0 Å². The van der Waals surface area contributed by atoms with Crippen LogP contribution in [0.4, 0.5) is 0 Å². The summed E-state index contributed by atoms with van der Waals surface area (Å²) in [7, 11) is 0. The number of benzene rings is 1. The first kappa shape index (κ1) is 15.0. The first-order valence-corrected chi connectivity index (χ1v) is 7.07. The molecule has 0 N–H and O–H groups in total. The molecule has 0 radical (unpaired) electrons. The lowest BCUT2D eigenvalue weighted by atomic mass is 10.2. The number of aromatic nitrogens is 2. The molecule has 0 bridgehead atoms. The Hall–Kier alpha value is -2.43. The van der Waals surface area contributed by atoms with Crippen LogP contribution >= 0.6 is 0 Å². The Balaban J connectivity index is 2.29. The molecule has 0 saturated carbocycles. The second-order valence-corrected chi connectivity index (χ2v) is 4.68. The number of hydrogen-bond acceptors (Lipinski definition) is 3. The SMILES string of the molecule is CCN(CC)C(=O)c1ccc(=O)n(Cc2ccccc2)n1. The van der Waals surface area contributed by atoms with Crippen LogP contribution in [0.15, 0.2) is 47.3 Å². The summed E-state index contributed by atoms with van der Waals surface area (Å²) in [6.07, 6.45) is 0. The summed E-state index contributed by atoms with van der Waals surface area (Å²) >= 11 is 0. The van der Waals surface area contributed by atoms with Gasteiger partial charge in [-0.05, 0) is 25.5 Å².